The van der Waals surface area contributed by atoms with Gasteiger partial charge in [0.1, 0.15) is 5.82 Å². The van der Waals surface area contributed by atoms with Crippen molar-refractivity contribution in [3.63, 3.8) is 0 Å². The topological polar surface area (TPSA) is 70.6 Å². The Bertz CT molecular complexity index is 418. The van der Waals surface area contributed by atoms with Crippen molar-refractivity contribution in [2.45, 2.75) is 13.2 Å². The fraction of sp³-hybridized carbons (Fsp3) is 0.250. The van der Waals surface area contributed by atoms with Gasteiger partial charge in [-0.3, -0.25) is 0 Å². The summed E-state index contributed by atoms with van der Waals surface area (Å²) >= 11 is 0. The van der Waals surface area contributed by atoms with E-state index in [0.29, 0.717) is 19.0 Å². The predicted octanol–water partition coefficient (Wildman–Crippen LogP) is 0.908. The minimum Gasteiger partial charge on any atom is -0.392 e. The van der Waals surface area contributed by atoms with Crippen LogP contribution in [0.4, 0.5) is 4.39 Å². The van der Waals surface area contributed by atoms with Gasteiger partial charge in [-0.25, -0.2) is 9.38 Å². The first-order valence-corrected chi connectivity index (χ1v) is 5.20. The summed E-state index contributed by atoms with van der Waals surface area (Å²) in [7, 11) is 0. The SMILES string of the molecule is C=CCNC(N)=NCc1ccc(F)c(CO)c1. The molecule has 1 aromatic carbocycles. The van der Waals surface area contributed by atoms with Gasteiger partial charge in [-0.05, 0) is 17.7 Å². The number of nitrogens with one attached hydrogen (secondary N) is 1. The van der Waals surface area contributed by atoms with E-state index in [1.54, 1.807) is 18.2 Å². The molecule has 0 aliphatic heterocycles. The Labute approximate surface area is 99.7 Å². The molecule has 17 heavy (non-hydrogen) atoms. The van der Waals surface area contributed by atoms with E-state index in [1.807, 2.05) is 0 Å². The molecule has 0 aliphatic rings. The quantitative estimate of drug-likeness (QED) is 0.405. The number of hydrogen-bond acceptors (Lipinski definition) is 2. The molecular formula is C12H16FN3O. The lowest BCUT2D eigenvalue weighted by molar-refractivity contribution is 0.275. The van der Waals surface area contributed by atoms with Crippen molar-refractivity contribution in [1.29, 1.82) is 0 Å². The fourth-order valence-electron chi connectivity index (χ4n) is 1.26. The van der Waals surface area contributed by atoms with Gasteiger partial charge in [0.05, 0.1) is 13.2 Å². The normalized spacial score (nSPS) is 11.3. The monoisotopic (exact) mass is 237 g/mol. The molecule has 0 saturated carbocycles. The molecule has 0 heterocycles. The number of rotatable bonds is 5. The first kappa shape index (κ1) is 13.2. The highest BCUT2D eigenvalue weighted by molar-refractivity contribution is 5.77. The fourth-order valence-corrected chi connectivity index (χ4v) is 1.26. The number of hydrogen-bond donors (Lipinski definition) is 3. The van der Waals surface area contributed by atoms with Crippen molar-refractivity contribution in [1.82, 2.24) is 5.32 Å². The molecule has 0 fully saturated rings. The average Bonchev–Trinajstić information content (AvgIpc) is 2.35. The highest BCUT2D eigenvalue weighted by atomic mass is 19.1. The summed E-state index contributed by atoms with van der Waals surface area (Å²) in [5.41, 5.74) is 6.63. The maximum absolute atomic E-state index is 13.1. The third kappa shape index (κ3) is 4.24. The highest BCUT2D eigenvalue weighted by Crippen LogP contribution is 2.11. The van der Waals surface area contributed by atoms with Gasteiger partial charge in [0.2, 0.25) is 0 Å². The molecule has 0 radical (unpaired) electrons. The van der Waals surface area contributed by atoms with Crippen LogP contribution in [-0.4, -0.2) is 17.6 Å². The van der Waals surface area contributed by atoms with Crippen molar-refractivity contribution < 1.29 is 9.50 Å². The first-order chi connectivity index (χ1) is 8.17. The Morgan fingerprint density at radius 1 is 1.59 bits per heavy atom. The lowest BCUT2D eigenvalue weighted by Crippen LogP contribution is -2.31. The van der Waals surface area contributed by atoms with E-state index in [4.69, 9.17) is 10.8 Å². The Kier molecular flexibility index (Phi) is 5.16. The Hall–Kier alpha value is -1.88. The zero-order valence-electron chi connectivity index (χ0n) is 9.49. The molecule has 0 bridgehead atoms. The Morgan fingerprint density at radius 3 is 3.00 bits per heavy atom. The number of guanidine groups is 1. The van der Waals surface area contributed by atoms with E-state index < -0.39 is 5.82 Å². The summed E-state index contributed by atoms with van der Waals surface area (Å²) in [6.45, 7) is 4.09. The summed E-state index contributed by atoms with van der Waals surface area (Å²) in [6.07, 6.45) is 1.67. The Morgan fingerprint density at radius 2 is 2.35 bits per heavy atom. The van der Waals surface area contributed by atoms with Crippen LogP contribution in [0.2, 0.25) is 0 Å². The lowest BCUT2D eigenvalue weighted by Gasteiger charge is -2.04. The van der Waals surface area contributed by atoms with Gasteiger partial charge in [0, 0.05) is 12.1 Å². The molecule has 5 heteroatoms. The number of aliphatic hydroxyl groups is 1. The van der Waals surface area contributed by atoms with Crippen molar-refractivity contribution in [3.05, 3.63) is 47.8 Å². The molecule has 0 unspecified atom stereocenters. The average molecular weight is 237 g/mol. The largest absolute Gasteiger partial charge is 0.392 e. The van der Waals surface area contributed by atoms with Crippen LogP contribution in [0.1, 0.15) is 11.1 Å². The number of aliphatic hydroxyl groups excluding tert-OH is 1. The van der Waals surface area contributed by atoms with Crippen LogP contribution in [0, 0.1) is 5.82 Å². The molecule has 92 valence electrons. The van der Waals surface area contributed by atoms with Gasteiger partial charge in [-0.2, -0.15) is 0 Å². The van der Waals surface area contributed by atoms with Gasteiger partial charge >= 0.3 is 0 Å². The Balaban J connectivity index is 2.65. The summed E-state index contributed by atoms with van der Waals surface area (Å²) in [6, 6.07) is 4.49. The van der Waals surface area contributed by atoms with Crippen LogP contribution in [-0.2, 0) is 13.2 Å². The van der Waals surface area contributed by atoms with Gasteiger partial charge in [0.25, 0.3) is 0 Å². The van der Waals surface area contributed by atoms with Crippen molar-refractivity contribution >= 4 is 5.96 Å². The standard InChI is InChI=1S/C12H16FN3O/c1-2-5-15-12(14)16-7-9-3-4-11(13)10(6-9)8-17/h2-4,6,17H,1,5,7-8H2,(H3,14,15,16). The summed E-state index contributed by atoms with van der Waals surface area (Å²) in [5, 5.41) is 11.7. The molecule has 1 rings (SSSR count). The number of nitrogens with two attached hydrogens (primary N) is 1. The number of halogens is 1. The van der Waals surface area contributed by atoms with Gasteiger partial charge in [0.15, 0.2) is 5.96 Å². The number of aliphatic imine (C=N–C) groups is 1. The number of benzene rings is 1. The van der Waals surface area contributed by atoms with Crippen molar-refractivity contribution in [2.24, 2.45) is 10.7 Å². The molecule has 0 saturated heterocycles. The van der Waals surface area contributed by atoms with Crippen LogP contribution in [0.25, 0.3) is 0 Å². The van der Waals surface area contributed by atoms with E-state index in [9.17, 15) is 4.39 Å². The van der Waals surface area contributed by atoms with Crippen molar-refractivity contribution in [2.75, 3.05) is 6.54 Å². The molecule has 1 aromatic rings. The summed E-state index contributed by atoms with van der Waals surface area (Å²) in [5.74, 6) is -0.113. The molecular weight excluding hydrogens is 221 g/mol. The van der Waals surface area contributed by atoms with E-state index in [0.717, 1.165) is 5.56 Å². The van der Waals surface area contributed by atoms with Crippen LogP contribution in [0.5, 0.6) is 0 Å². The van der Waals surface area contributed by atoms with E-state index in [1.165, 1.54) is 6.07 Å². The van der Waals surface area contributed by atoms with Gasteiger partial charge < -0.3 is 16.2 Å². The molecule has 4 N–H and O–H groups in total. The van der Waals surface area contributed by atoms with Crippen molar-refractivity contribution in [3.8, 4) is 0 Å². The van der Waals surface area contributed by atoms with Gasteiger partial charge in [-0.1, -0.05) is 12.1 Å². The lowest BCUT2D eigenvalue weighted by atomic mass is 10.1. The smallest absolute Gasteiger partial charge is 0.189 e. The summed E-state index contributed by atoms with van der Waals surface area (Å²) < 4.78 is 13.1. The maximum atomic E-state index is 13.1. The number of nitrogens with zero attached hydrogens (tertiary/aromatic N) is 1. The zero-order valence-corrected chi connectivity index (χ0v) is 9.49. The third-order valence-corrected chi connectivity index (χ3v) is 2.14. The van der Waals surface area contributed by atoms with Crippen LogP contribution >= 0.6 is 0 Å². The van der Waals surface area contributed by atoms with E-state index >= 15 is 0 Å². The van der Waals surface area contributed by atoms with Crippen LogP contribution in [0.15, 0.2) is 35.8 Å². The molecule has 0 aliphatic carbocycles. The van der Waals surface area contributed by atoms with E-state index in [2.05, 4.69) is 16.9 Å². The molecule has 0 spiro atoms. The zero-order chi connectivity index (χ0) is 12.7. The molecule has 0 aromatic heterocycles. The molecule has 4 nitrogen and oxygen atoms in total. The minimum absolute atomic E-state index is 0.260. The van der Waals surface area contributed by atoms with E-state index in [-0.39, 0.29) is 12.2 Å². The third-order valence-electron chi connectivity index (χ3n) is 2.14. The summed E-state index contributed by atoms with van der Waals surface area (Å²) in [4.78, 5) is 4.07. The first-order valence-electron chi connectivity index (χ1n) is 5.20. The van der Waals surface area contributed by atoms with Crippen LogP contribution in [0.3, 0.4) is 0 Å². The molecule has 0 atom stereocenters. The molecule has 0 amide bonds. The minimum atomic E-state index is -0.419. The second-order valence-corrected chi connectivity index (χ2v) is 3.45. The van der Waals surface area contributed by atoms with Gasteiger partial charge in [-0.15, -0.1) is 6.58 Å². The maximum Gasteiger partial charge on any atom is 0.189 e. The second-order valence-electron chi connectivity index (χ2n) is 3.45. The highest BCUT2D eigenvalue weighted by Gasteiger charge is 2.02. The predicted molar refractivity (Wildman–Crippen MR) is 65.8 cm³/mol. The second kappa shape index (κ2) is 6.65. The van der Waals surface area contributed by atoms with Crippen LogP contribution < -0.4 is 11.1 Å².